The number of nitrogens with zero attached hydrogens (tertiary/aromatic N) is 2. The first kappa shape index (κ1) is 12.2. The van der Waals surface area contributed by atoms with Crippen molar-refractivity contribution in [1.82, 2.24) is 9.97 Å². The van der Waals surface area contributed by atoms with Gasteiger partial charge in [0.2, 0.25) is 0 Å². The fraction of sp³-hybridized carbons (Fsp3) is 0.643. The van der Waals surface area contributed by atoms with E-state index in [1.54, 1.807) is 12.4 Å². The number of ketones is 1. The first-order valence-electron chi connectivity index (χ1n) is 6.70. The van der Waals surface area contributed by atoms with Gasteiger partial charge in [0.15, 0.2) is 5.78 Å². The molecule has 18 heavy (non-hydrogen) atoms. The van der Waals surface area contributed by atoms with Crippen LogP contribution in [0.15, 0.2) is 12.4 Å². The van der Waals surface area contributed by atoms with E-state index in [9.17, 15) is 4.79 Å². The predicted molar refractivity (Wildman–Crippen MR) is 72.8 cm³/mol. The van der Waals surface area contributed by atoms with Crippen LogP contribution in [0.3, 0.4) is 0 Å². The van der Waals surface area contributed by atoms with Crippen molar-refractivity contribution in [2.75, 3.05) is 0 Å². The minimum absolute atomic E-state index is 0.202. The molecule has 0 saturated carbocycles. The largest absolute Gasteiger partial charge is 0.294 e. The lowest BCUT2D eigenvalue weighted by molar-refractivity contribution is 0.0896. The van der Waals surface area contributed by atoms with Gasteiger partial charge in [0.25, 0.3) is 0 Å². The van der Waals surface area contributed by atoms with Crippen LogP contribution in [-0.2, 0) is 0 Å². The third kappa shape index (κ3) is 2.44. The number of hydrogen-bond acceptors (Lipinski definition) is 4. The Morgan fingerprint density at radius 1 is 1.22 bits per heavy atom. The van der Waals surface area contributed by atoms with Crippen LogP contribution >= 0.6 is 11.8 Å². The van der Waals surface area contributed by atoms with Crippen molar-refractivity contribution in [2.24, 2.45) is 5.92 Å². The number of thioether (sulfide) groups is 1. The zero-order valence-corrected chi connectivity index (χ0v) is 11.4. The van der Waals surface area contributed by atoms with Crippen molar-refractivity contribution in [2.45, 2.75) is 49.5 Å². The zero-order chi connectivity index (χ0) is 12.5. The van der Waals surface area contributed by atoms with Crippen LogP contribution in [-0.4, -0.2) is 26.3 Å². The number of hydrogen-bond donors (Lipinski definition) is 0. The fourth-order valence-corrected chi connectivity index (χ4v) is 4.87. The molecule has 2 aliphatic heterocycles. The standard InChI is InChI=1S/C14H18N2OS/c1-9-15-7-11(8-16-9)14(17)10-5-12-3-2-4-13(6-10)18-12/h7-8,10,12-13H,2-6H2,1H3. The van der Waals surface area contributed by atoms with E-state index in [-0.39, 0.29) is 11.7 Å². The Kier molecular flexibility index (Phi) is 3.37. The molecule has 1 aromatic heterocycles. The van der Waals surface area contributed by atoms with Crippen LogP contribution in [0.2, 0.25) is 0 Å². The minimum atomic E-state index is 0.202. The molecule has 3 rings (SSSR count). The monoisotopic (exact) mass is 262 g/mol. The summed E-state index contributed by atoms with van der Waals surface area (Å²) in [6, 6.07) is 0. The highest BCUT2D eigenvalue weighted by Gasteiger charge is 2.35. The lowest BCUT2D eigenvalue weighted by Gasteiger charge is -2.37. The topological polar surface area (TPSA) is 42.9 Å². The first-order valence-corrected chi connectivity index (χ1v) is 7.65. The summed E-state index contributed by atoms with van der Waals surface area (Å²) < 4.78 is 0. The number of Topliss-reactive ketones (excluding diaryl/α,β-unsaturated/α-hetero) is 1. The maximum atomic E-state index is 12.5. The lowest BCUT2D eigenvalue weighted by atomic mass is 9.85. The van der Waals surface area contributed by atoms with Crippen molar-refractivity contribution in [3.8, 4) is 0 Å². The van der Waals surface area contributed by atoms with Gasteiger partial charge >= 0.3 is 0 Å². The van der Waals surface area contributed by atoms with Gasteiger partial charge in [0, 0.05) is 28.8 Å². The van der Waals surface area contributed by atoms with Crippen molar-refractivity contribution < 1.29 is 4.79 Å². The molecule has 3 nitrogen and oxygen atoms in total. The summed E-state index contributed by atoms with van der Waals surface area (Å²) in [5.74, 6) is 1.18. The number of aryl methyl sites for hydroxylation is 1. The summed E-state index contributed by atoms with van der Waals surface area (Å²) >= 11 is 2.11. The maximum absolute atomic E-state index is 12.5. The number of carbonyl (C=O) groups is 1. The second-order valence-corrected chi connectivity index (χ2v) is 6.97. The van der Waals surface area contributed by atoms with Gasteiger partial charge in [-0.05, 0) is 32.6 Å². The summed E-state index contributed by atoms with van der Waals surface area (Å²) in [6.07, 6.45) is 9.38. The van der Waals surface area contributed by atoms with Gasteiger partial charge in [-0.2, -0.15) is 11.8 Å². The molecule has 0 aromatic carbocycles. The summed E-state index contributed by atoms with van der Waals surface area (Å²) in [4.78, 5) is 20.7. The molecule has 2 atom stereocenters. The molecule has 0 radical (unpaired) electrons. The molecular weight excluding hydrogens is 244 g/mol. The molecule has 2 saturated heterocycles. The molecule has 0 amide bonds. The maximum Gasteiger partial charge on any atom is 0.169 e. The number of rotatable bonds is 2. The van der Waals surface area contributed by atoms with Crippen LogP contribution in [0.1, 0.15) is 48.3 Å². The van der Waals surface area contributed by atoms with Crippen molar-refractivity contribution in [1.29, 1.82) is 0 Å². The third-order valence-corrected chi connectivity index (χ3v) is 5.59. The molecule has 2 aliphatic rings. The SMILES string of the molecule is Cc1ncc(C(=O)C2CC3CCCC(C2)S3)cn1. The Labute approximate surface area is 112 Å². The van der Waals surface area contributed by atoms with Gasteiger partial charge in [0.05, 0.1) is 5.56 Å². The Morgan fingerprint density at radius 3 is 2.44 bits per heavy atom. The second kappa shape index (κ2) is 5.00. The highest BCUT2D eigenvalue weighted by Crippen LogP contribution is 2.44. The smallest absolute Gasteiger partial charge is 0.169 e. The van der Waals surface area contributed by atoms with Crippen LogP contribution in [0, 0.1) is 12.8 Å². The molecule has 0 spiro atoms. The highest BCUT2D eigenvalue weighted by molar-refractivity contribution is 8.00. The van der Waals surface area contributed by atoms with Crippen molar-refractivity contribution in [3.05, 3.63) is 23.8 Å². The summed E-state index contributed by atoms with van der Waals surface area (Å²) in [5, 5.41) is 1.41. The Bertz CT molecular complexity index is 434. The van der Waals surface area contributed by atoms with Gasteiger partial charge < -0.3 is 0 Å². The van der Waals surface area contributed by atoms with E-state index < -0.39 is 0 Å². The summed E-state index contributed by atoms with van der Waals surface area (Å²) in [5.41, 5.74) is 0.690. The predicted octanol–water partition coefficient (Wildman–Crippen LogP) is 3.03. The van der Waals surface area contributed by atoms with Gasteiger partial charge in [-0.25, -0.2) is 9.97 Å². The van der Waals surface area contributed by atoms with Crippen LogP contribution in [0.5, 0.6) is 0 Å². The second-order valence-electron chi connectivity index (χ2n) is 5.36. The number of aromatic nitrogens is 2. The molecule has 1 aromatic rings. The highest BCUT2D eigenvalue weighted by atomic mass is 32.2. The average molecular weight is 262 g/mol. The normalized spacial score (nSPS) is 31.1. The third-order valence-electron chi connectivity index (χ3n) is 3.97. The zero-order valence-electron chi connectivity index (χ0n) is 10.6. The summed E-state index contributed by atoms with van der Waals surface area (Å²) in [6.45, 7) is 1.84. The quantitative estimate of drug-likeness (QED) is 0.768. The summed E-state index contributed by atoms with van der Waals surface area (Å²) in [7, 11) is 0. The van der Waals surface area contributed by atoms with Crippen LogP contribution < -0.4 is 0 Å². The molecule has 3 heterocycles. The number of carbonyl (C=O) groups excluding carboxylic acids is 1. The van der Waals surface area contributed by atoms with Crippen molar-refractivity contribution >= 4 is 17.5 Å². The van der Waals surface area contributed by atoms with Gasteiger partial charge in [-0.3, -0.25) is 4.79 Å². The average Bonchev–Trinajstić information content (AvgIpc) is 2.38. The Morgan fingerprint density at radius 2 is 1.83 bits per heavy atom. The molecular formula is C14H18N2OS. The molecule has 96 valence electrons. The van der Waals surface area contributed by atoms with Crippen LogP contribution in [0.25, 0.3) is 0 Å². The number of fused-ring (bicyclic) bond motifs is 2. The molecule has 0 aliphatic carbocycles. The van der Waals surface area contributed by atoms with Gasteiger partial charge in [-0.1, -0.05) is 6.42 Å². The van der Waals surface area contributed by atoms with E-state index in [1.807, 2.05) is 6.92 Å². The van der Waals surface area contributed by atoms with Gasteiger partial charge in [0.1, 0.15) is 5.82 Å². The molecule has 2 fully saturated rings. The molecule has 0 N–H and O–H groups in total. The van der Waals surface area contributed by atoms with E-state index >= 15 is 0 Å². The lowest BCUT2D eigenvalue weighted by Crippen LogP contribution is -2.33. The Hall–Kier alpha value is -0.900. The molecule has 4 heteroatoms. The van der Waals surface area contributed by atoms with Crippen LogP contribution in [0.4, 0.5) is 0 Å². The van der Waals surface area contributed by atoms with Gasteiger partial charge in [-0.15, -0.1) is 0 Å². The van der Waals surface area contributed by atoms with E-state index in [0.29, 0.717) is 16.1 Å². The Balaban J connectivity index is 1.74. The molecule has 2 bridgehead atoms. The first-order chi connectivity index (χ1) is 8.72. The minimum Gasteiger partial charge on any atom is -0.294 e. The van der Waals surface area contributed by atoms with E-state index in [1.165, 1.54) is 19.3 Å². The van der Waals surface area contributed by atoms with E-state index in [0.717, 1.165) is 18.7 Å². The molecule has 2 unspecified atom stereocenters. The van der Waals surface area contributed by atoms with Crippen molar-refractivity contribution in [3.63, 3.8) is 0 Å². The van der Waals surface area contributed by atoms with E-state index in [4.69, 9.17) is 0 Å². The van der Waals surface area contributed by atoms with E-state index in [2.05, 4.69) is 21.7 Å². The fourth-order valence-electron chi connectivity index (χ4n) is 3.03.